The minimum absolute atomic E-state index is 0.121. The number of hydrogen-bond acceptors (Lipinski definition) is 5. The first-order chi connectivity index (χ1) is 14.3. The van der Waals surface area contributed by atoms with Crippen molar-refractivity contribution in [2.24, 2.45) is 0 Å². The van der Waals surface area contributed by atoms with E-state index in [9.17, 15) is 14.4 Å². The molecule has 3 amide bonds. The van der Waals surface area contributed by atoms with Crippen molar-refractivity contribution in [1.82, 2.24) is 14.8 Å². The monoisotopic (exact) mass is 409 g/mol. The molecule has 5 rings (SSSR count). The molecule has 2 fully saturated rings. The Morgan fingerprint density at radius 1 is 1.17 bits per heavy atom. The van der Waals surface area contributed by atoms with E-state index in [1.165, 1.54) is 0 Å². The van der Waals surface area contributed by atoms with Gasteiger partial charge in [-0.15, -0.1) is 0 Å². The van der Waals surface area contributed by atoms with Crippen molar-refractivity contribution in [3.8, 4) is 11.5 Å². The average molecular weight is 409 g/mol. The molecule has 3 heterocycles. The molecule has 1 unspecified atom stereocenters. The Bertz CT molecular complexity index is 1100. The van der Waals surface area contributed by atoms with Crippen molar-refractivity contribution in [1.29, 1.82) is 0 Å². The number of Topliss-reactive ketones (excluding diaryl/α,β-unsaturated/α-hetero) is 1. The summed E-state index contributed by atoms with van der Waals surface area (Å²) in [5.74, 6) is 0.416. The first-order valence-corrected chi connectivity index (χ1v) is 10.1. The van der Waals surface area contributed by atoms with E-state index in [2.05, 4.69) is 9.88 Å². The first kappa shape index (κ1) is 18.7. The Morgan fingerprint density at radius 3 is 2.63 bits per heavy atom. The fourth-order valence-corrected chi connectivity index (χ4v) is 4.43. The van der Waals surface area contributed by atoms with Gasteiger partial charge in [-0.3, -0.25) is 14.5 Å². The number of carbonyl (C=O) groups is 3. The number of imide groups is 1. The predicted octanol–water partition coefficient (Wildman–Crippen LogP) is 2.82. The predicted molar refractivity (Wildman–Crippen MR) is 107 cm³/mol. The summed E-state index contributed by atoms with van der Waals surface area (Å²) in [6, 6.07) is 6.85. The van der Waals surface area contributed by atoms with Crippen LogP contribution in [0, 0.1) is 13.8 Å². The molecule has 1 saturated carbocycles. The maximum absolute atomic E-state index is 13.2. The Morgan fingerprint density at radius 2 is 1.90 bits per heavy atom. The molecular formula is C22H23N3O5. The zero-order valence-corrected chi connectivity index (χ0v) is 17.2. The number of urea groups is 1. The molecule has 1 atom stereocenters. The lowest BCUT2D eigenvalue weighted by Gasteiger charge is -2.22. The highest BCUT2D eigenvalue weighted by atomic mass is 16.7. The van der Waals surface area contributed by atoms with E-state index in [4.69, 9.17) is 9.47 Å². The number of carbonyl (C=O) groups excluding carboxylic acids is 3. The van der Waals surface area contributed by atoms with E-state index < -0.39 is 17.5 Å². The number of hydrogen-bond donors (Lipinski definition) is 1. The van der Waals surface area contributed by atoms with Crippen molar-refractivity contribution < 1.29 is 23.9 Å². The third kappa shape index (κ3) is 2.70. The molecule has 2 aliphatic heterocycles. The third-order valence-corrected chi connectivity index (χ3v) is 6.22. The Kier molecular flexibility index (Phi) is 3.96. The first-order valence-electron chi connectivity index (χ1n) is 10.1. The summed E-state index contributed by atoms with van der Waals surface area (Å²) < 4.78 is 12.9. The highest BCUT2D eigenvalue weighted by molar-refractivity contribution is 6.11. The van der Waals surface area contributed by atoms with Crippen LogP contribution >= 0.6 is 0 Å². The Labute approximate surface area is 173 Å². The number of aryl methyl sites for hydroxylation is 1. The molecule has 1 aromatic heterocycles. The van der Waals surface area contributed by atoms with Gasteiger partial charge in [0.1, 0.15) is 5.54 Å². The standard InChI is InChI=1S/C22H23N3O5/c1-12-8-16(13(2)25(12)15-5-6-15)17(26)10-24-20(27)22(3,23-21(24)28)14-4-7-18-19(9-14)30-11-29-18/h4,7-9,15H,5-6,10-11H2,1-3H3,(H,23,28). The third-order valence-electron chi connectivity index (χ3n) is 6.22. The zero-order valence-electron chi connectivity index (χ0n) is 17.2. The Balaban J connectivity index is 1.40. The van der Waals surface area contributed by atoms with Crippen LogP contribution in [0.1, 0.15) is 53.1 Å². The maximum atomic E-state index is 13.2. The van der Waals surface area contributed by atoms with E-state index in [0.717, 1.165) is 29.1 Å². The highest BCUT2D eigenvalue weighted by Gasteiger charge is 2.50. The molecular weight excluding hydrogens is 386 g/mol. The number of amides is 3. The van der Waals surface area contributed by atoms with Gasteiger partial charge in [0.2, 0.25) is 6.79 Å². The van der Waals surface area contributed by atoms with Gasteiger partial charge < -0.3 is 19.4 Å². The van der Waals surface area contributed by atoms with Crippen LogP contribution in [0.15, 0.2) is 24.3 Å². The van der Waals surface area contributed by atoms with Crippen molar-refractivity contribution in [3.63, 3.8) is 0 Å². The number of nitrogens with one attached hydrogen (secondary N) is 1. The SMILES string of the molecule is Cc1cc(C(=O)CN2C(=O)NC(C)(c3ccc4c(c3)OCO4)C2=O)c(C)n1C1CC1. The fourth-order valence-electron chi connectivity index (χ4n) is 4.43. The minimum Gasteiger partial charge on any atom is -0.454 e. The van der Waals surface area contributed by atoms with Gasteiger partial charge in [0.15, 0.2) is 17.3 Å². The molecule has 30 heavy (non-hydrogen) atoms. The molecule has 1 aromatic carbocycles. The molecule has 2 aromatic rings. The summed E-state index contributed by atoms with van der Waals surface area (Å²) in [6.07, 6.45) is 2.23. The lowest BCUT2D eigenvalue weighted by molar-refractivity contribution is -0.130. The van der Waals surface area contributed by atoms with Gasteiger partial charge in [0.05, 0.1) is 6.54 Å². The van der Waals surface area contributed by atoms with Crippen LogP contribution in [0.3, 0.4) is 0 Å². The maximum Gasteiger partial charge on any atom is 0.325 e. The van der Waals surface area contributed by atoms with Crippen molar-refractivity contribution in [2.45, 2.75) is 45.2 Å². The fraction of sp³-hybridized carbons (Fsp3) is 0.409. The highest BCUT2D eigenvalue weighted by Crippen LogP contribution is 2.39. The van der Waals surface area contributed by atoms with Crippen LogP contribution in [0.25, 0.3) is 0 Å². The summed E-state index contributed by atoms with van der Waals surface area (Å²) in [5, 5.41) is 2.74. The van der Waals surface area contributed by atoms with Gasteiger partial charge >= 0.3 is 6.03 Å². The van der Waals surface area contributed by atoms with Crippen LogP contribution in [0.5, 0.6) is 11.5 Å². The number of aromatic nitrogens is 1. The van der Waals surface area contributed by atoms with Gasteiger partial charge in [-0.1, -0.05) is 6.07 Å². The largest absolute Gasteiger partial charge is 0.454 e. The topological polar surface area (TPSA) is 89.9 Å². The van der Waals surface area contributed by atoms with Crippen molar-refractivity contribution in [3.05, 3.63) is 46.8 Å². The lowest BCUT2D eigenvalue weighted by atomic mass is 9.91. The average Bonchev–Trinajstić information content (AvgIpc) is 3.27. The number of benzene rings is 1. The quantitative estimate of drug-likeness (QED) is 0.606. The lowest BCUT2D eigenvalue weighted by Crippen LogP contribution is -2.41. The molecule has 156 valence electrons. The van der Waals surface area contributed by atoms with E-state index in [1.54, 1.807) is 25.1 Å². The van der Waals surface area contributed by atoms with Crippen LogP contribution in [0.2, 0.25) is 0 Å². The van der Waals surface area contributed by atoms with Crippen LogP contribution in [-0.4, -0.2) is 40.5 Å². The number of rotatable bonds is 5. The second-order valence-corrected chi connectivity index (χ2v) is 8.32. The van der Waals surface area contributed by atoms with Crippen LogP contribution in [0.4, 0.5) is 4.79 Å². The summed E-state index contributed by atoms with van der Waals surface area (Å²) in [7, 11) is 0. The molecule has 1 N–H and O–H groups in total. The molecule has 8 nitrogen and oxygen atoms in total. The van der Waals surface area contributed by atoms with Crippen LogP contribution < -0.4 is 14.8 Å². The van der Waals surface area contributed by atoms with Crippen LogP contribution in [-0.2, 0) is 10.3 Å². The number of ketones is 1. The van der Waals surface area contributed by atoms with E-state index >= 15 is 0 Å². The molecule has 1 saturated heterocycles. The summed E-state index contributed by atoms with van der Waals surface area (Å²) in [6.45, 7) is 5.36. The number of ether oxygens (including phenoxy) is 2. The summed E-state index contributed by atoms with van der Waals surface area (Å²) >= 11 is 0. The molecule has 0 radical (unpaired) electrons. The second kappa shape index (κ2) is 6.35. The van der Waals surface area contributed by atoms with E-state index in [-0.39, 0.29) is 19.1 Å². The molecule has 8 heteroatoms. The molecule has 1 aliphatic carbocycles. The van der Waals surface area contributed by atoms with Gasteiger partial charge in [-0.05, 0) is 57.4 Å². The smallest absolute Gasteiger partial charge is 0.325 e. The van der Waals surface area contributed by atoms with Crippen molar-refractivity contribution >= 4 is 17.7 Å². The minimum atomic E-state index is -1.27. The normalized spacial score (nSPS) is 22.6. The van der Waals surface area contributed by atoms with E-state index in [1.807, 2.05) is 19.9 Å². The molecule has 0 spiro atoms. The molecule has 3 aliphatic rings. The van der Waals surface area contributed by atoms with E-state index in [0.29, 0.717) is 28.7 Å². The Hall–Kier alpha value is -3.29. The summed E-state index contributed by atoms with van der Waals surface area (Å²) in [5.41, 5.74) is 1.79. The van der Waals surface area contributed by atoms with Gasteiger partial charge in [-0.2, -0.15) is 0 Å². The second-order valence-electron chi connectivity index (χ2n) is 8.32. The number of nitrogens with zero attached hydrogens (tertiary/aromatic N) is 2. The van der Waals surface area contributed by atoms with Gasteiger partial charge in [0.25, 0.3) is 5.91 Å². The van der Waals surface area contributed by atoms with Gasteiger partial charge in [0, 0.05) is 23.0 Å². The molecule has 0 bridgehead atoms. The zero-order chi connectivity index (χ0) is 21.2. The van der Waals surface area contributed by atoms with Crippen molar-refractivity contribution in [2.75, 3.05) is 13.3 Å². The van der Waals surface area contributed by atoms with Gasteiger partial charge in [-0.25, -0.2) is 4.79 Å². The number of fused-ring (bicyclic) bond motifs is 1. The summed E-state index contributed by atoms with van der Waals surface area (Å²) in [4.78, 5) is 39.8.